The summed E-state index contributed by atoms with van der Waals surface area (Å²) in [7, 11) is 0. The second kappa shape index (κ2) is 4.36. The van der Waals surface area contributed by atoms with Crippen molar-refractivity contribution in [1.29, 1.82) is 0 Å². The van der Waals surface area contributed by atoms with Crippen LogP contribution in [0.4, 0.5) is 5.69 Å². The van der Waals surface area contributed by atoms with Crippen molar-refractivity contribution in [2.75, 3.05) is 0 Å². The highest BCUT2D eigenvalue weighted by molar-refractivity contribution is 6.31. The molecule has 2 heterocycles. The quantitative estimate of drug-likeness (QED) is 0.484. The van der Waals surface area contributed by atoms with Crippen LogP contribution in [0.5, 0.6) is 0 Å². The Labute approximate surface area is 122 Å². The van der Waals surface area contributed by atoms with E-state index in [9.17, 15) is 0 Å². The molecule has 0 saturated heterocycles. The zero-order valence-corrected chi connectivity index (χ0v) is 11.4. The summed E-state index contributed by atoms with van der Waals surface area (Å²) in [5, 5.41) is 0.740. The predicted molar refractivity (Wildman–Crippen MR) is 82.5 cm³/mol. The third kappa shape index (κ3) is 1.69. The fourth-order valence-corrected chi connectivity index (χ4v) is 2.74. The van der Waals surface area contributed by atoms with Crippen LogP contribution in [0, 0.1) is 0 Å². The molecule has 3 heteroatoms. The molecule has 0 saturated carbocycles. The molecule has 0 unspecified atom stereocenters. The first-order valence-corrected chi connectivity index (χ1v) is 6.82. The molecule has 1 aliphatic rings. The van der Waals surface area contributed by atoms with E-state index in [1.54, 1.807) is 0 Å². The van der Waals surface area contributed by atoms with Gasteiger partial charge in [-0.15, -0.1) is 0 Å². The Kier molecular flexibility index (Phi) is 2.51. The van der Waals surface area contributed by atoms with Gasteiger partial charge in [0.2, 0.25) is 0 Å². The van der Waals surface area contributed by atoms with E-state index in [4.69, 9.17) is 16.6 Å². The van der Waals surface area contributed by atoms with E-state index in [1.807, 2.05) is 60.8 Å². The molecular formula is C17H11ClN2. The van der Waals surface area contributed by atoms with Gasteiger partial charge < -0.3 is 4.57 Å². The maximum atomic E-state index is 6.11. The third-order valence-corrected chi connectivity index (χ3v) is 3.70. The lowest BCUT2D eigenvalue weighted by molar-refractivity contribution is 1.09. The maximum Gasteiger partial charge on any atom is 0.0970 e. The summed E-state index contributed by atoms with van der Waals surface area (Å²) in [4.78, 5) is 4.80. The number of aliphatic imine (C=N–C) groups is 1. The van der Waals surface area contributed by atoms with Crippen LogP contribution < -0.4 is 0 Å². The molecule has 2 aromatic carbocycles. The predicted octanol–water partition coefficient (Wildman–Crippen LogP) is 4.61. The monoisotopic (exact) mass is 278 g/mol. The van der Waals surface area contributed by atoms with Crippen molar-refractivity contribution in [3.8, 4) is 5.69 Å². The molecule has 0 radical (unpaired) electrons. The molecule has 0 amide bonds. The zero-order valence-electron chi connectivity index (χ0n) is 10.6. The van der Waals surface area contributed by atoms with Gasteiger partial charge in [-0.2, -0.15) is 0 Å². The average Bonchev–Trinajstić information content (AvgIpc) is 3.04. The fraction of sp³-hybridized carbons (Fsp3) is 0. The highest BCUT2D eigenvalue weighted by Gasteiger charge is 2.24. The van der Waals surface area contributed by atoms with E-state index in [1.165, 1.54) is 0 Å². The number of nitrogens with zero attached hydrogens (tertiary/aromatic N) is 2. The molecule has 0 bridgehead atoms. The van der Waals surface area contributed by atoms with E-state index in [-0.39, 0.29) is 0 Å². The summed E-state index contributed by atoms with van der Waals surface area (Å²) in [5.74, 6) is 0. The van der Waals surface area contributed by atoms with E-state index in [0.29, 0.717) is 0 Å². The van der Waals surface area contributed by atoms with Gasteiger partial charge >= 0.3 is 0 Å². The first-order chi connectivity index (χ1) is 9.83. The summed E-state index contributed by atoms with van der Waals surface area (Å²) in [6.07, 6.45) is 2.04. The van der Waals surface area contributed by atoms with Crippen molar-refractivity contribution in [2.24, 2.45) is 4.99 Å². The highest BCUT2D eigenvalue weighted by atomic mass is 35.5. The average molecular weight is 279 g/mol. The van der Waals surface area contributed by atoms with Crippen LogP contribution in [0.1, 0.15) is 11.3 Å². The SMILES string of the molecule is Clc1ccc2c(c1)-n1cccc1C2=Nc1ccccc1. The Hall–Kier alpha value is -2.32. The number of benzene rings is 2. The second-order valence-corrected chi connectivity index (χ2v) is 5.16. The molecule has 96 valence electrons. The Bertz CT molecular complexity index is 816. The van der Waals surface area contributed by atoms with Gasteiger partial charge in [-0.05, 0) is 42.5 Å². The van der Waals surface area contributed by atoms with E-state index in [2.05, 4.69) is 10.6 Å². The number of halogens is 1. The van der Waals surface area contributed by atoms with Crippen LogP contribution in [0.15, 0.2) is 71.9 Å². The lowest BCUT2D eigenvalue weighted by atomic mass is 10.1. The summed E-state index contributed by atoms with van der Waals surface area (Å²) in [5.41, 5.74) is 5.26. The lowest BCUT2D eigenvalue weighted by Crippen LogP contribution is -1.97. The number of fused-ring (bicyclic) bond motifs is 3. The standard InChI is InChI=1S/C17H11ClN2/c18-12-8-9-14-16(11-12)20-10-4-7-15(20)17(14)19-13-5-2-1-3-6-13/h1-11H. The Morgan fingerprint density at radius 2 is 1.75 bits per heavy atom. The lowest BCUT2D eigenvalue weighted by Gasteiger charge is -2.01. The minimum absolute atomic E-state index is 0.740. The van der Waals surface area contributed by atoms with E-state index in [0.717, 1.165) is 33.4 Å². The first kappa shape index (κ1) is 11.5. The number of para-hydroxylation sites is 1. The van der Waals surface area contributed by atoms with Crippen LogP contribution in [0.2, 0.25) is 5.02 Å². The molecule has 0 atom stereocenters. The summed E-state index contributed by atoms with van der Waals surface area (Å²) < 4.78 is 2.13. The topological polar surface area (TPSA) is 17.3 Å². The van der Waals surface area contributed by atoms with Crippen molar-refractivity contribution in [3.05, 3.63) is 83.1 Å². The van der Waals surface area contributed by atoms with Gasteiger partial charge in [0, 0.05) is 16.8 Å². The normalized spacial score (nSPS) is 14.3. The van der Waals surface area contributed by atoms with Crippen molar-refractivity contribution in [3.63, 3.8) is 0 Å². The van der Waals surface area contributed by atoms with E-state index >= 15 is 0 Å². The van der Waals surface area contributed by atoms with Crippen LogP contribution in [-0.4, -0.2) is 10.3 Å². The van der Waals surface area contributed by atoms with Crippen LogP contribution in [0.25, 0.3) is 5.69 Å². The molecule has 0 spiro atoms. The molecule has 1 aliphatic heterocycles. The van der Waals surface area contributed by atoms with Gasteiger partial charge in [0.15, 0.2) is 0 Å². The van der Waals surface area contributed by atoms with Crippen molar-refractivity contribution in [2.45, 2.75) is 0 Å². The molecule has 0 N–H and O–H groups in total. The van der Waals surface area contributed by atoms with Crippen molar-refractivity contribution < 1.29 is 0 Å². The van der Waals surface area contributed by atoms with Crippen LogP contribution in [-0.2, 0) is 0 Å². The summed E-state index contributed by atoms with van der Waals surface area (Å²) in [6, 6.07) is 20.0. The van der Waals surface area contributed by atoms with Gasteiger partial charge in [-0.1, -0.05) is 29.8 Å². The minimum atomic E-state index is 0.740. The largest absolute Gasteiger partial charge is 0.314 e. The Balaban J connectivity index is 1.97. The van der Waals surface area contributed by atoms with Crippen LogP contribution in [0.3, 0.4) is 0 Å². The Morgan fingerprint density at radius 3 is 2.60 bits per heavy atom. The van der Waals surface area contributed by atoms with Crippen LogP contribution >= 0.6 is 11.6 Å². The molecule has 4 rings (SSSR count). The second-order valence-electron chi connectivity index (χ2n) is 4.72. The summed E-state index contributed by atoms with van der Waals surface area (Å²) in [6.45, 7) is 0. The molecule has 2 nitrogen and oxygen atoms in total. The molecule has 0 aliphatic carbocycles. The minimum Gasteiger partial charge on any atom is -0.314 e. The van der Waals surface area contributed by atoms with Gasteiger partial charge in [-0.25, -0.2) is 4.99 Å². The number of rotatable bonds is 1. The molecule has 0 fully saturated rings. The number of aromatic nitrogens is 1. The van der Waals surface area contributed by atoms with E-state index < -0.39 is 0 Å². The number of hydrogen-bond donors (Lipinski definition) is 0. The molecular weight excluding hydrogens is 268 g/mol. The number of hydrogen-bond acceptors (Lipinski definition) is 1. The van der Waals surface area contributed by atoms with Gasteiger partial charge in [0.1, 0.15) is 0 Å². The highest BCUT2D eigenvalue weighted by Crippen LogP contribution is 2.32. The van der Waals surface area contributed by atoms with Crippen molar-refractivity contribution >= 4 is 23.0 Å². The fourth-order valence-electron chi connectivity index (χ4n) is 2.58. The zero-order chi connectivity index (χ0) is 13.5. The van der Waals surface area contributed by atoms with Crippen molar-refractivity contribution in [1.82, 2.24) is 4.57 Å². The summed E-state index contributed by atoms with van der Waals surface area (Å²) >= 11 is 6.11. The van der Waals surface area contributed by atoms with Gasteiger partial charge in [0.05, 0.1) is 22.8 Å². The van der Waals surface area contributed by atoms with Gasteiger partial charge in [0.25, 0.3) is 0 Å². The molecule has 1 aromatic heterocycles. The van der Waals surface area contributed by atoms with Gasteiger partial charge in [-0.3, -0.25) is 0 Å². The molecule has 20 heavy (non-hydrogen) atoms. The molecule has 3 aromatic rings. The third-order valence-electron chi connectivity index (χ3n) is 3.46. The Morgan fingerprint density at radius 1 is 0.900 bits per heavy atom. The maximum absolute atomic E-state index is 6.11. The first-order valence-electron chi connectivity index (χ1n) is 6.45. The smallest absolute Gasteiger partial charge is 0.0970 e.